The molecule has 1 amide bonds. The summed E-state index contributed by atoms with van der Waals surface area (Å²) in [5, 5.41) is 0. The van der Waals surface area contributed by atoms with Crippen LogP contribution in [0.5, 0.6) is 0 Å². The number of carbonyl (C=O) groups excluding carboxylic acids is 1. The number of likely N-dealkylation sites (tertiary alicyclic amines) is 2. The molecule has 2 aliphatic heterocycles. The van der Waals surface area contributed by atoms with Gasteiger partial charge in [0.1, 0.15) is 0 Å². The molecule has 3 aliphatic rings. The van der Waals surface area contributed by atoms with E-state index in [9.17, 15) is 4.79 Å². The number of fused-ring (bicyclic) bond motifs is 3. The van der Waals surface area contributed by atoms with Crippen molar-refractivity contribution in [3.8, 4) is 11.1 Å². The van der Waals surface area contributed by atoms with Crippen molar-refractivity contribution in [1.29, 1.82) is 0 Å². The molecule has 2 heterocycles. The Morgan fingerprint density at radius 3 is 1.79 bits per heavy atom. The number of benzene rings is 4. The van der Waals surface area contributed by atoms with E-state index in [1.807, 2.05) is 0 Å². The molecule has 1 aliphatic carbocycles. The lowest BCUT2D eigenvalue weighted by molar-refractivity contribution is -0.130. The maximum absolute atomic E-state index is 14.3. The maximum Gasteiger partial charge on any atom is 0.234 e. The van der Waals surface area contributed by atoms with E-state index in [2.05, 4.69) is 119 Å². The predicted molar refractivity (Wildman–Crippen MR) is 158 cm³/mol. The van der Waals surface area contributed by atoms with Crippen molar-refractivity contribution < 1.29 is 4.79 Å². The molecule has 0 aromatic heterocycles. The number of hydrogen-bond acceptors (Lipinski definition) is 2. The summed E-state index contributed by atoms with van der Waals surface area (Å²) in [4.78, 5) is 19.1. The fourth-order valence-corrected chi connectivity index (χ4v) is 7.42. The van der Waals surface area contributed by atoms with Gasteiger partial charge in [-0.25, -0.2) is 0 Å². The molecule has 4 aromatic carbocycles. The molecule has 2 atom stereocenters. The van der Waals surface area contributed by atoms with Gasteiger partial charge in [0.25, 0.3) is 0 Å². The third-order valence-corrected chi connectivity index (χ3v) is 9.41. The minimum Gasteiger partial charge on any atom is -0.341 e. The molecule has 2 saturated heterocycles. The quantitative estimate of drug-likeness (QED) is 0.290. The Kier molecular flexibility index (Phi) is 6.54. The minimum absolute atomic E-state index is 0.200. The Labute approximate surface area is 232 Å². The zero-order valence-corrected chi connectivity index (χ0v) is 22.5. The summed E-state index contributed by atoms with van der Waals surface area (Å²) in [7, 11) is 0. The molecule has 0 N–H and O–H groups in total. The second kappa shape index (κ2) is 10.5. The van der Waals surface area contributed by atoms with E-state index in [1.165, 1.54) is 35.1 Å². The van der Waals surface area contributed by atoms with Gasteiger partial charge in [-0.1, -0.05) is 109 Å². The van der Waals surface area contributed by atoms with Crippen LogP contribution in [-0.4, -0.2) is 48.4 Å². The monoisotopic (exact) mass is 512 g/mol. The summed E-state index contributed by atoms with van der Waals surface area (Å²) in [5.74, 6) is 1.54. The summed E-state index contributed by atoms with van der Waals surface area (Å²) in [6, 6.07) is 38.8. The van der Waals surface area contributed by atoms with E-state index in [0.717, 1.165) is 43.9 Å². The van der Waals surface area contributed by atoms with Gasteiger partial charge >= 0.3 is 0 Å². The Morgan fingerprint density at radius 2 is 1.18 bits per heavy atom. The van der Waals surface area contributed by atoms with Crippen molar-refractivity contribution in [1.82, 2.24) is 9.80 Å². The lowest BCUT2D eigenvalue weighted by Gasteiger charge is -2.35. The average Bonchev–Trinajstić information content (AvgIpc) is 3.58. The van der Waals surface area contributed by atoms with Crippen LogP contribution in [0, 0.1) is 5.92 Å². The number of carbonyl (C=O) groups is 1. The van der Waals surface area contributed by atoms with Gasteiger partial charge < -0.3 is 9.80 Å². The van der Waals surface area contributed by atoms with Gasteiger partial charge in [-0.2, -0.15) is 0 Å². The van der Waals surface area contributed by atoms with Crippen LogP contribution < -0.4 is 0 Å². The first-order valence-electron chi connectivity index (χ1n) is 14.6. The van der Waals surface area contributed by atoms with E-state index in [4.69, 9.17) is 0 Å². The molecule has 7 rings (SSSR count). The summed E-state index contributed by atoms with van der Waals surface area (Å²) in [6.07, 6.45) is 2.43. The first-order valence-corrected chi connectivity index (χ1v) is 14.6. The molecular formula is C36H36N2O. The molecule has 0 spiro atoms. The zero-order chi connectivity index (χ0) is 26.2. The Bertz CT molecular complexity index is 1400. The van der Waals surface area contributed by atoms with E-state index in [0.29, 0.717) is 17.8 Å². The van der Waals surface area contributed by atoms with Crippen LogP contribution in [-0.2, 0) is 4.79 Å². The van der Waals surface area contributed by atoms with Crippen LogP contribution in [0.4, 0.5) is 0 Å². The van der Waals surface area contributed by atoms with Crippen molar-refractivity contribution >= 4 is 5.91 Å². The highest BCUT2D eigenvalue weighted by atomic mass is 16.2. The standard InChI is InChI=1S/C36H36N2O/c39-36(35-32-17-9-7-15-30(32)31-16-8-10-18-33(31)35)38-24-29(34(25-38)28-13-5-2-6-14-28)23-37-21-19-27(20-22-37)26-11-3-1-4-12-26/h1-18,27,29,34-35H,19-25H2. The van der Waals surface area contributed by atoms with Gasteiger partial charge in [-0.05, 0) is 71.1 Å². The number of rotatable bonds is 5. The van der Waals surface area contributed by atoms with Crippen molar-refractivity contribution in [3.63, 3.8) is 0 Å². The number of nitrogens with zero attached hydrogens (tertiary/aromatic N) is 2. The Balaban J connectivity index is 1.11. The van der Waals surface area contributed by atoms with E-state index in [1.54, 1.807) is 0 Å². The third-order valence-electron chi connectivity index (χ3n) is 9.41. The van der Waals surface area contributed by atoms with Gasteiger partial charge in [0, 0.05) is 25.6 Å². The van der Waals surface area contributed by atoms with E-state index >= 15 is 0 Å². The summed E-state index contributed by atoms with van der Waals surface area (Å²) in [5.41, 5.74) is 7.59. The summed E-state index contributed by atoms with van der Waals surface area (Å²) >= 11 is 0. The fourth-order valence-electron chi connectivity index (χ4n) is 7.42. The number of amides is 1. The van der Waals surface area contributed by atoms with Crippen LogP contribution in [0.15, 0.2) is 109 Å². The highest BCUT2D eigenvalue weighted by Gasteiger charge is 2.42. The maximum atomic E-state index is 14.3. The van der Waals surface area contributed by atoms with Gasteiger partial charge in [0.05, 0.1) is 5.92 Å². The third kappa shape index (κ3) is 4.59. The lowest BCUT2D eigenvalue weighted by atomic mass is 9.86. The first kappa shape index (κ1) is 24.4. The van der Waals surface area contributed by atoms with Gasteiger partial charge in [0.15, 0.2) is 0 Å². The van der Waals surface area contributed by atoms with Crippen LogP contribution in [0.3, 0.4) is 0 Å². The molecule has 0 bridgehead atoms. The van der Waals surface area contributed by atoms with Gasteiger partial charge in [0.2, 0.25) is 5.91 Å². The van der Waals surface area contributed by atoms with Crippen molar-refractivity contribution in [2.24, 2.45) is 5.92 Å². The smallest absolute Gasteiger partial charge is 0.234 e. The fraction of sp³-hybridized carbons (Fsp3) is 0.306. The van der Waals surface area contributed by atoms with Crippen molar-refractivity contribution in [3.05, 3.63) is 131 Å². The second-order valence-electron chi connectivity index (χ2n) is 11.6. The van der Waals surface area contributed by atoms with Gasteiger partial charge in [-0.3, -0.25) is 4.79 Å². The summed E-state index contributed by atoms with van der Waals surface area (Å²) < 4.78 is 0. The first-order chi connectivity index (χ1) is 19.3. The van der Waals surface area contributed by atoms with Crippen LogP contribution in [0.1, 0.15) is 52.8 Å². The van der Waals surface area contributed by atoms with Crippen LogP contribution >= 0.6 is 0 Å². The van der Waals surface area contributed by atoms with E-state index < -0.39 is 0 Å². The SMILES string of the molecule is O=C(C1c2ccccc2-c2ccccc21)N1CC(CN2CCC(c3ccccc3)CC2)C(c2ccccc2)C1. The summed E-state index contributed by atoms with van der Waals surface area (Å²) in [6.45, 7) is 4.96. The Hall–Kier alpha value is -3.69. The molecule has 2 fully saturated rings. The van der Waals surface area contributed by atoms with Gasteiger partial charge in [-0.15, -0.1) is 0 Å². The van der Waals surface area contributed by atoms with E-state index in [-0.39, 0.29) is 11.8 Å². The number of hydrogen-bond donors (Lipinski definition) is 0. The molecular weight excluding hydrogens is 476 g/mol. The molecule has 2 unspecified atom stereocenters. The number of piperidine rings is 1. The Morgan fingerprint density at radius 1 is 0.641 bits per heavy atom. The molecule has 3 heteroatoms. The highest BCUT2D eigenvalue weighted by Crippen LogP contribution is 2.46. The molecule has 196 valence electrons. The largest absolute Gasteiger partial charge is 0.341 e. The minimum atomic E-state index is -0.200. The van der Waals surface area contributed by atoms with Crippen LogP contribution in [0.25, 0.3) is 11.1 Å². The normalized spacial score (nSPS) is 21.6. The van der Waals surface area contributed by atoms with Crippen LogP contribution in [0.2, 0.25) is 0 Å². The molecule has 0 radical (unpaired) electrons. The molecule has 39 heavy (non-hydrogen) atoms. The second-order valence-corrected chi connectivity index (χ2v) is 11.6. The predicted octanol–water partition coefficient (Wildman–Crippen LogP) is 6.92. The molecule has 3 nitrogen and oxygen atoms in total. The lowest BCUT2D eigenvalue weighted by Crippen LogP contribution is -2.39. The molecule has 4 aromatic rings. The molecule has 0 saturated carbocycles. The zero-order valence-electron chi connectivity index (χ0n) is 22.5. The van der Waals surface area contributed by atoms with Crippen molar-refractivity contribution in [2.75, 3.05) is 32.7 Å². The average molecular weight is 513 g/mol. The van der Waals surface area contributed by atoms with Crippen molar-refractivity contribution in [2.45, 2.75) is 30.6 Å². The topological polar surface area (TPSA) is 23.6 Å². The highest BCUT2D eigenvalue weighted by molar-refractivity contribution is 5.96.